The summed E-state index contributed by atoms with van der Waals surface area (Å²) in [6.45, 7) is 8.38. The van der Waals surface area contributed by atoms with Crippen molar-refractivity contribution in [2.24, 2.45) is 0 Å². The predicted molar refractivity (Wildman–Crippen MR) is 284 cm³/mol. The van der Waals surface area contributed by atoms with Crippen LogP contribution >= 0.6 is 15.9 Å². The van der Waals surface area contributed by atoms with Crippen molar-refractivity contribution in [2.75, 3.05) is 0 Å². The third-order valence-electron chi connectivity index (χ3n) is 13.6. The second-order valence-electron chi connectivity index (χ2n) is 18.0. The molecule has 1 aliphatic heterocycles. The van der Waals surface area contributed by atoms with Crippen molar-refractivity contribution in [3.05, 3.63) is 211 Å². The Labute approximate surface area is 416 Å². The average molecular weight is 1040 g/mol. The predicted octanol–water partition coefficient (Wildman–Crippen LogP) is 12.8. The van der Waals surface area contributed by atoms with Crippen LogP contribution in [0.2, 0.25) is 0 Å². The minimum absolute atomic E-state index is 0. The monoisotopic (exact) mass is 1040 g/mol. The summed E-state index contributed by atoms with van der Waals surface area (Å²) in [6.07, 6.45) is 3.65. The molecule has 1 fully saturated rings. The largest absolute Gasteiger partial charge is 1.00 e. The summed E-state index contributed by atoms with van der Waals surface area (Å²) in [7, 11) is -0.343. The highest BCUT2D eigenvalue weighted by Gasteiger charge is 2.51. The van der Waals surface area contributed by atoms with Gasteiger partial charge in [-0.1, -0.05) is 174 Å². The van der Waals surface area contributed by atoms with Crippen LogP contribution in [-0.4, -0.2) is 28.3 Å². The van der Waals surface area contributed by atoms with Crippen molar-refractivity contribution in [3.63, 3.8) is 0 Å². The van der Waals surface area contributed by atoms with Gasteiger partial charge in [0.2, 0.25) is 0 Å². The highest BCUT2D eigenvalue weighted by atomic mass is 127. The topological polar surface area (TPSA) is 44.2 Å². The van der Waals surface area contributed by atoms with Crippen molar-refractivity contribution in [3.8, 4) is 11.1 Å². The zero-order valence-electron chi connectivity index (χ0n) is 37.7. The molecular formula is C60H46BBrIN2O2-. The van der Waals surface area contributed by atoms with Gasteiger partial charge in [-0.15, -0.1) is 0 Å². The lowest BCUT2D eigenvalue weighted by molar-refractivity contribution is -0.0000153. The molecule has 12 aromatic rings. The van der Waals surface area contributed by atoms with E-state index >= 15 is 0 Å². The van der Waals surface area contributed by atoms with Crippen LogP contribution in [0.25, 0.3) is 97.6 Å². The van der Waals surface area contributed by atoms with Crippen LogP contribution in [0.5, 0.6) is 0 Å². The van der Waals surface area contributed by atoms with E-state index in [1.54, 1.807) is 6.20 Å². The van der Waals surface area contributed by atoms with Gasteiger partial charge in [0.1, 0.15) is 0 Å². The molecule has 1 saturated heterocycles. The third-order valence-corrected chi connectivity index (χ3v) is 14.3. The molecule has 13 rings (SSSR count). The maximum absolute atomic E-state index is 6.28. The molecule has 2 aromatic heterocycles. The van der Waals surface area contributed by atoms with Gasteiger partial charge in [-0.25, -0.2) is 0 Å². The maximum atomic E-state index is 6.28. The summed E-state index contributed by atoms with van der Waals surface area (Å²) in [6, 6.07) is 68.6. The SMILES string of the molecule is Brc1cccc2ncccc12.CC1(C)OB(c2ccc3c4ccccc4c4ccccc4c3c2)OC1(C)C.[I-].c1cc(-c2ccc3c4ccccc4c4ccccc4c3c2)c2cccnc2c1. The number of hydrogen-bond acceptors (Lipinski definition) is 4. The fraction of sp³-hybridized carbons (Fsp3) is 0.100. The Morgan fingerprint density at radius 3 is 1.25 bits per heavy atom. The van der Waals surface area contributed by atoms with Gasteiger partial charge in [-0.2, -0.15) is 0 Å². The molecular weight excluding hydrogens is 998 g/mol. The smallest absolute Gasteiger partial charge is 0.494 e. The molecule has 0 amide bonds. The van der Waals surface area contributed by atoms with Crippen molar-refractivity contribution in [1.29, 1.82) is 0 Å². The van der Waals surface area contributed by atoms with Gasteiger partial charge in [0.25, 0.3) is 0 Å². The van der Waals surface area contributed by atoms with Gasteiger partial charge in [-0.3, -0.25) is 9.97 Å². The highest BCUT2D eigenvalue weighted by molar-refractivity contribution is 9.10. The first-order valence-corrected chi connectivity index (χ1v) is 23.3. The molecule has 0 N–H and O–H groups in total. The molecule has 326 valence electrons. The third kappa shape index (κ3) is 8.12. The van der Waals surface area contributed by atoms with E-state index in [1.165, 1.54) is 81.1 Å². The highest BCUT2D eigenvalue weighted by Crippen LogP contribution is 2.40. The van der Waals surface area contributed by atoms with Crippen molar-refractivity contribution in [2.45, 2.75) is 38.9 Å². The summed E-state index contributed by atoms with van der Waals surface area (Å²) >= 11 is 3.46. The summed E-state index contributed by atoms with van der Waals surface area (Å²) < 4.78 is 13.7. The Bertz CT molecular complexity index is 3740. The number of hydrogen-bond donors (Lipinski definition) is 0. The maximum Gasteiger partial charge on any atom is 0.494 e. The zero-order valence-corrected chi connectivity index (χ0v) is 41.4. The minimum atomic E-state index is -0.343. The molecule has 0 spiro atoms. The van der Waals surface area contributed by atoms with E-state index in [0.717, 1.165) is 26.4 Å². The fourth-order valence-electron chi connectivity index (χ4n) is 9.55. The number of pyridine rings is 2. The van der Waals surface area contributed by atoms with E-state index in [4.69, 9.17) is 9.31 Å². The van der Waals surface area contributed by atoms with E-state index in [2.05, 4.69) is 211 Å². The summed E-state index contributed by atoms with van der Waals surface area (Å²) in [5.74, 6) is 0. The van der Waals surface area contributed by atoms with Gasteiger partial charge >= 0.3 is 7.12 Å². The van der Waals surface area contributed by atoms with Crippen LogP contribution in [0.3, 0.4) is 0 Å². The van der Waals surface area contributed by atoms with E-state index in [0.29, 0.717) is 0 Å². The summed E-state index contributed by atoms with van der Waals surface area (Å²) in [4.78, 5) is 8.73. The Morgan fingerprint density at radius 2 is 0.761 bits per heavy atom. The molecule has 0 atom stereocenters. The molecule has 0 bridgehead atoms. The van der Waals surface area contributed by atoms with E-state index in [9.17, 15) is 0 Å². The Balaban J connectivity index is 0.000000127. The number of fused-ring (bicyclic) bond motifs is 14. The van der Waals surface area contributed by atoms with Gasteiger partial charge < -0.3 is 33.3 Å². The lowest BCUT2D eigenvalue weighted by Gasteiger charge is -2.32. The molecule has 7 heteroatoms. The van der Waals surface area contributed by atoms with Crippen LogP contribution in [0, 0.1) is 0 Å². The molecule has 10 aromatic carbocycles. The minimum Gasteiger partial charge on any atom is -1.00 e. The number of nitrogens with zero attached hydrogens (tertiary/aromatic N) is 2. The fourth-order valence-corrected chi connectivity index (χ4v) is 10.0. The van der Waals surface area contributed by atoms with Gasteiger partial charge in [0, 0.05) is 27.6 Å². The van der Waals surface area contributed by atoms with Crippen molar-refractivity contribution in [1.82, 2.24) is 9.97 Å². The van der Waals surface area contributed by atoms with Crippen LogP contribution in [0.4, 0.5) is 0 Å². The van der Waals surface area contributed by atoms with E-state index in [-0.39, 0.29) is 42.3 Å². The lowest BCUT2D eigenvalue weighted by atomic mass is 9.77. The normalized spacial score (nSPS) is 14.0. The second kappa shape index (κ2) is 18.1. The first-order chi connectivity index (χ1) is 32.1. The molecule has 0 unspecified atom stereocenters. The number of rotatable bonds is 2. The average Bonchev–Trinajstić information content (AvgIpc) is 3.59. The molecule has 0 saturated carbocycles. The quantitative estimate of drug-likeness (QED) is 0.0983. The number of benzene rings is 10. The van der Waals surface area contributed by atoms with Crippen molar-refractivity contribution < 1.29 is 33.3 Å². The zero-order chi connectivity index (χ0) is 45.0. The van der Waals surface area contributed by atoms with Gasteiger partial charge in [0.15, 0.2) is 0 Å². The Kier molecular flexibility index (Phi) is 12.1. The molecule has 0 aliphatic carbocycles. The first kappa shape index (κ1) is 44.6. The summed E-state index contributed by atoms with van der Waals surface area (Å²) in [5.41, 5.74) is 4.92. The van der Waals surface area contributed by atoms with Gasteiger partial charge in [0.05, 0.1) is 22.2 Å². The molecule has 4 nitrogen and oxygen atoms in total. The lowest BCUT2D eigenvalue weighted by Crippen LogP contribution is -3.00. The Morgan fingerprint density at radius 1 is 0.373 bits per heavy atom. The van der Waals surface area contributed by atoms with E-state index < -0.39 is 0 Å². The number of halogens is 2. The molecule has 1 aliphatic rings. The second-order valence-corrected chi connectivity index (χ2v) is 18.9. The van der Waals surface area contributed by atoms with Gasteiger partial charge in [-0.05, 0) is 145 Å². The standard InChI is InChI=1S/C27H17N.C24H23BO2.C9H6BrN.HI/c1-2-9-22-20(7-1)21-8-3-4-10-23(21)26-17-18(14-15-24(22)26)19-11-5-13-27-25(19)12-6-16-28-27;1-23(2)24(3,4)27-25(26-23)16-13-14-21-19-11-6-5-9-17(19)18-10-7-8-12-20(18)22(21)15-16;10-8-4-1-5-9-7(8)3-2-6-11-9;/h1-17H;5-15H,1-4H3;1-6H;1H/p-1. The Hall–Kier alpha value is -6.23. The number of aromatic nitrogens is 2. The molecule has 0 radical (unpaired) electrons. The van der Waals surface area contributed by atoms with E-state index in [1.807, 2.05) is 42.6 Å². The van der Waals surface area contributed by atoms with Crippen LogP contribution in [-0.2, 0) is 9.31 Å². The summed E-state index contributed by atoms with van der Waals surface area (Å²) in [5, 5.41) is 17.8. The molecule has 3 heterocycles. The molecule has 67 heavy (non-hydrogen) atoms. The van der Waals surface area contributed by atoms with Crippen LogP contribution in [0.15, 0.2) is 211 Å². The first-order valence-electron chi connectivity index (χ1n) is 22.5. The van der Waals surface area contributed by atoms with Crippen molar-refractivity contribution >= 4 is 115 Å². The van der Waals surface area contributed by atoms with Crippen LogP contribution in [0.1, 0.15) is 27.7 Å². The van der Waals surface area contributed by atoms with Crippen LogP contribution < -0.4 is 29.4 Å².